The smallest absolute Gasteiger partial charge is 0.323 e. The van der Waals surface area contributed by atoms with Crippen LogP contribution in [0.5, 0.6) is 0 Å². The molecule has 5 atom stereocenters. The maximum Gasteiger partial charge on any atom is 0.323 e. The van der Waals surface area contributed by atoms with Crippen LogP contribution in [0.1, 0.15) is 71.4 Å². The van der Waals surface area contributed by atoms with Crippen LogP contribution >= 0.6 is 0 Å². The Morgan fingerprint density at radius 1 is 1.29 bits per heavy atom. The summed E-state index contributed by atoms with van der Waals surface area (Å²) in [6.07, 6.45) is 4.41. The lowest BCUT2D eigenvalue weighted by molar-refractivity contribution is -0.161. The number of carbonyl (C=O) groups excluding carboxylic acids is 2. The molecule has 4 rings (SSSR count). The molecule has 2 saturated carbocycles. The van der Waals surface area contributed by atoms with Gasteiger partial charge in [0.25, 0.3) is 0 Å². The molecule has 206 valence electrons. The summed E-state index contributed by atoms with van der Waals surface area (Å²) in [6.45, 7) is 5.34. The molecule has 2 heterocycles. The van der Waals surface area contributed by atoms with Gasteiger partial charge in [-0.3, -0.25) is 9.59 Å². The third-order valence-corrected chi connectivity index (χ3v) is 8.08. The fourth-order valence-electron chi connectivity index (χ4n) is 5.68. The molecular formula is C27H38N6O5. The van der Waals surface area contributed by atoms with Gasteiger partial charge in [-0.25, -0.2) is 9.50 Å². The van der Waals surface area contributed by atoms with Crippen LogP contribution in [0.4, 0.5) is 5.82 Å². The first kappa shape index (κ1) is 27.8. The van der Waals surface area contributed by atoms with Crippen LogP contribution in [0.3, 0.4) is 0 Å². The van der Waals surface area contributed by atoms with Crippen molar-refractivity contribution in [3.63, 3.8) is 0 Å². The molecule has 0 spiro atoms. The van der Waals surface area contributed by atoms with E-state index < -0.39 is 46.9 Å². The van der Waals surface area contributed by atoms with E-state index in [1.807, 2.05) is 20.8 Å². The number of anilines is 1. The van der Waals surface area contributed by atoms with E-state index in [1.165, 1.54) is 17.3 Å². The van der Waals surface area contributed by atoms with Crippen molar-refractivity contribution in [1.82, 2.24) is 14.6 Å². The Morgan fingerprint density at radius 3 is 2.66 bits per heavy atom. The van der Waals surface area contributed by atoms with Crippen LogP contribution < -0.4 is 11.5 Å². The summed E-state index contributed by atoms with van der Waals surface area (Å²) in [4.78, 5) is 29.7. The Balaban J connectivity index is 1.62. The van der Waals surface area contributed by atoms with Crippen molar-refractivity contribution in [3.05, 3.63) is 24.2 Å². The minimum atomic E-state index is -1.49. The standard InChI is InChI=1S/C27H38N6O5/c1-26(2,3)22(29)25(36)37-13-17-12-27(14-28,19-10-9-18-24(30)31-15-32-33(18)19)23(35)21(17)38-20(34)11-16-7-5-4-6-8-16/h9-10,15-17,21-23,35H,4-8,11-13,29H2,1-3H3,(H2,30,31,32)/t17-,21-,22+,23-,27-/m1/s1. The predicted molar refractivity (Wildman–Crippen MR) is 138 cm³/mol. The van der Waals surface area contributed by atoms with Gasteiger partial charge in [-0.15, -0.1) is 0 Å². The molecule has 0 bridgehead atoms. The first-order chi connectivity index (χ1) is 18.0. The summed E-state index contributed by atoms with van der Waals surface area (Å²) < 4.78 is 12.9. The number of aromatic nitrogens is 3. The Morgan fingerprint density at radius 2 is 2.00 bits per heavy atom. The second kappa shape index (κ2) is 10.9. The van der Waals surface area contributed by atoms with Crippen LogP contribution in [0.15, 0.2) is 18.5 Å². The summed E-state index contributed by atoms with van der Waals surface area (Å²) in [5.74, 6) is -1.19. The van der Waals surface area contributed by atoms with E-state index in [0.29, 0.717) is 11.2 Å². The molecule has 2 aliphatic carbocycles. The van der Waals surface area contributed by atoms with Gasteiger partial charge in [0.15, 0.2) is 5.82 Å². The summed E-state index contributed by atoms with van der Waals surface area (Å²) in [6, 6.07) is 4.74. The molecule has 2 aromatic heterocycles. The lowest BCUT2D eigenvalue weighted by Crippen LogP contribution is -2.44. The van der Waals surface area contributed by atoms with Gasteiger partial charge >= 0.3 is 11.9 Å². The number of aliphatic hydroxyl groups is 1. The summed E-state index contributed by atoms with van der Waals surface area (Å²) in [5.41, 5.74) is 10.9. The second-order valence-electron chi connectivity index (χ2n) is 11.8. The molecule has 0 aromatic carbocycles. The highest BCUT2D eigenvalue weighted by atomic mass is 16.6. The number of ether oxygens (including phenoxy) is 2. The van der Waals surface area contributed by atoms with Gasteiger partial charge < -0.3 is 26.0 Å². The number of carbonyl (C=O) groups is 2. The van der Waals surface area contributed by atoms with Crippen LogP contribution in [0, 0.1) is 28.6 Å². The fraction of sp³-hybridized carbons (Fsp3) is 0.667. The highest BCUT2D eigenvalue weighted by Gasteiger charge is 2.58. The quantitative estimate of drug-likeness (QED) is 0.453. The highest BCUT2D eigenvalue weighted by molar-refractivity contribution is 5.76. The average Bonchev–Trinajstić information content (AvgIpc) is 3.43. The van der Waals surface area contributed by atoms with Gasteiger partial charge in [0.1, 0.15) is 35.5 Å². The molecule has 11 heteroatoms. The molecule has 38 heavy (non-hydrogen) atoms. The van der Waals surface area contributed by atoms with E-state index in [1.54, 1.807) is 12.1 Å². The van der Waals surface area contributed by atoms with Gasteiger partial charge in [-0.2, -0.15) is 10.4 Å². The topological polar surface area (TPSA) is 179 Å². The Hall–Kier alpha value is -3.23. The van der Waals surface area contributed by atoms with E-state index in [2.05, 4.69) is 16.2 Å². The van der Waals surface area contributed by atoms with E-state index >= 15 is 0 Å². The first-order valence-corrected chi connectivity index (χ1v) is 13.3. The van der Waals surface area contributed by atoms with Gasteiger partial charge in [0.05, 0.1) is 18.4 Å². The molecule has 0 unspecified atom stereocenters. The van der Waals surface area contributed by atoms with Gasteiger partial charge in [-0.1, -0.05) is 40.0 Å². The lowest BCUT2D eigenvalue weighted by Gasteiger charge is -2.28. The molecular weight excluding hydrogens is 488 g/mol. The van der Waals surface area contributed by atoms with Gasteiger partial charge in [0, 0.05) is 12.3 Å². The molecule has 2 aromatic rings. The molecule has 2 aliphatic rings. The second-order valence-corrected chi connectivity index (χ2v) is 11.8. The number of rotatable bonds is 7. The monoisotopic (exact) mass is 526 g/mol. The number of esters is 2. The molecule has 0 amide bonds. The summed E-state index contributed by atoms with van der Waals surface area (Å²) in [5, 5.41) is 26.2. The first-order valence-electron chi connectivity index (χ1n) is 13.3. The number of nitrogen functional groups attached to an aromatic ring is 1. The zero-order chi connectivity index (χ0) is 27.7. The number of aliphatic hydroxyl groups excluding tert-OH is 1. The molecule has 11 nitrogen and oxygen atoms in total. The van der Waals surface area contributed by atoms with E-state index in [0.717, 1.165) is 25.7 Å². The molecule has 2 fully saturated rings. The number of nitrogens with zero attached hydrogens (tertiary/aromatic N) is 4. The maximum absolute atomic E-state index is 13.0. The fourth-order valence-corrected chi connectivity index (χ4v) is 5.68. The van der Waals surface area contributed by atoms with E-state index in [-0.39, 0.29) is 31.2 Å². The summed E-state index contributed by atoms with van der Waals surface area (Å²) >= 11 is 0. The minimum Gasteiger partial charge on any atom is -0.464 e. The van der Waals surface area contributed by atoms with Crippen LogP contribution in [-0.4, -0.2) is 56.5 Å². The SMILES string of the molecule is CC(C)(C)[C@@H](N)C(=O)OC[C@H]1C[C@@](C#N)(c2ccc3c(N)ncnn23)[C@H](O)[C@@H]1OC(=O)CC1CCCCC1. The Labute approximate surface area is 222 Å². The van der Waals surface area contributed by atoms with Crippen molar-refractivity contribution >= 4 is 23.3 Å². The van der Waals surface area contributed by atoms with E-state index in [9.17, 15) is 20.0 Å². The Kier molecular flexibility index (Phi) is 7.95. The van der Waals surface area contributed by atoms with Crippen molar-refractivity contribution in [2.75, 3.05) is 12.3 Å². The van der Waals surface area contributed by atoms with Crippen molar-refractivity contribution in [2.45, 2.75) is 89.4 Å². The van der Waals surface area contributed by atoms with Crippen LogP contribution in [-0.2, 0) is 24.5 Å². The summed E-state index contributed by atoms with van der Waals surface area (Å²) in [7, 11) is 0. The molecule has 0 aliphatic heterocycles. The van der Waals surface area contributed by atoms with Crippen molar-refractivity contribution in [2.24, 2.45) is 23.0 Å². The van der Waals surface area contributed by atoms with Crippen molar-refractivity contribution < 1.29 is 24.2 Å². The number of hydrogen-bond donors (Lipinski definition) is 3. The third-order valence-electron chi connectivity index (χ3n) is 8.08. The number of fused-ring (bicyclic) bond motifs is 1. The predicted octanol–water partition coefficient (Wildman–Crippen LogP) is 2.25. The zero-order valence-electron chi connectivity index (χ0n) is 22.3. The number of nitrogens with two attached hydrogens (primary N) is 2. The molecule has 5 N–H and O–H groups in total. The van der Waals surface area contributed by atoms with Crippen LogP contribution in [0.2, 0.25) is 0 Å². The third kappa shape index (κ3) is 5.33. The lowest BCUT2D eigenvalue weighted by atomic mass is 9.81. The van der Waals surface area contributed by atoms with Crippen LogP contribution in [0.25, 0.3) is 5.52 Å². The normalized spacial score (nSPS) is 27.1. The van der Waals surface area contributed by atoms with Gasteiger partial charge in [-0.05, 0) is 42.7 Å². The van der Waals surface area contributed by atoms with Crippen molar-refractivity contribution in [3.8, 4) is 6.07 Å². The largest absolute Gasteiger partial charge is 0.464 e. The molecule has 0 saturated heterocycles. The number of hydrogen-bond acceptors (Lipinski definition) is 10. The van der Waals surface area contributed by atoms with E-state index in [4.69, 9.17) is 20.9 Å². The Bertz CT molecular complexity index is 1210. The maximum atomic E-state index is 13.0. The van der Waals surface area contributed by atoms with Crippen molar-refractivity contribution in [1.29, 1.82) is 5.26 Å². The van der Waals surface area contributed by atoms with Gasteiger partial charge in [0.2, 0.25) is 0 Å². The molecule has 0 radical (unpaired) electrons. The highest BCUT2D eigenvalue weighted by Crippen LogP contribution is 2.46. The minimum absolute atomic E-state index is 0.0695. The average molecular weight is 527 g/mol. The zero-order valence-corrected chi connectivity index (χ0v) is 22.3. The number of nitriles is 1.